The molecular weight excluding hydrogens is 572 g/mol. The molecule has 0 bridgehead atoms. The molecule has 0 saturated heterocycles. The van der Waals surface area contributed by atoms with E-state index in [0.717, 1.165) is 24.8 Å². The first-order valence-electron chi connectivity index (χ1n) is 16.9. The van der Waals surface area contributed by atoms with Gasteiger partial charge in [0, 0.05) is 24.8 Å². The molecule has 4 aliphatic carbocycles. The van der Waals surface area contributed by atoms with Gasteiger partial charge in [0.05, 0.1) is 11.5 Å². The van der Waals surface area contributed by atoms with Gasteiger partial charge in [0.2, 0.25) is 6.79 Å². The summed E-state index contributed by atoms with van der Waals surface area (Å²) in [7, 11) is 0. The highest BCUT2D eigenvalue weighted by atomic mass is 16.7. The van der Waals surface area contributed by atoms with Crippen LogP contribution in [-0.2, 0) is 33.4 Å². The zero-order chi connectivity index (χ0) is 33.7. The van der Waals surface area contributed by atoms with E-state index in [1.165, 1.54) is 6.92 Å². The lowest BCUT2D eigenvalue weighted by molar-refractivity contribution is -0.198. The Morgan fingerprint density at radius 1 is 1.00 bits per heavy atom. The third-order valence-corrected chi connectivity index (χ3v) is 12.3. The average Bonchev–Trinajstić information content (AvgIpc) is 3.19. The van der Waals surface area contributed by atoms with E-state index >= 15 is 0 Å². The largest absolute Gasteiger partial charge is 0.458 e. The van der Waals surface area contributed by atoms with E-state index in [0.29, 0.717) is 36.8 Å². The molecule has 0 aliphatic heterocycles. The molecule has 45 heavy (non-hydrogen) atoms. The van der Waals surface area contributed by atoms with Crippen LogP contribution in [0.25, 0.3) is 0 Å². The molecule has 0 heterocycles. The molecule has 0 aromatic heterocycles. The Morgan fingerprint density at radius 3 is 2.27 bits per heavy atom. The summed E-state index contributed by atoms with van der Waals surface area (Å²) in [6.45, 7) is 18.9. The van der Waals surface area contributed by atoms with Crippen LogP contribution < -0.4 is 0 Å². The number of aliphatic hydroxyl groups is 1. The maximum atomic E-state index is 14.5. The Bertz CT molecular complexity index is 1270. The van der Waals surface area contributed by atoms with Crippen molar-refractivity contribution in [1.82, 2.24) is 0 Å². The molecule has 4 saturated carbocycles. The Balaban J connectivity index is 1.79. The standard InChI is InChI=1S/C37H56O8/c1-21(2)12-11-13-24(32(41)43-20-44-33(42)34(5,6)7)30-26-18-28(40)31-35(8)16-15-27(39)22(3)25(35)14-17-36(31,9)37(26,10)19-29(30)45-23(4)38/h12,22,25-27,29,31,39H,11,13-20H2,1-10H3/b30-24-/t22-,25-,26-,27+,29-,31-,35-,36-,37-/m0/s1. The molecule has 0 radical (unpaired) electrons. The number of ether oxygens (including phenoxy) is 3. The SMILES string of the molecule is CC(=O)O[C@H]1C[C@@]2(C)[C@@H](CC(=O)[C@H]3[C@@]4(C)CC[C@@H](O)[C@@H](C)[C@@H]4CC[C@@]32C)/C1=C(\CCC=C(C)C)C(=O)OCOC(=O)C(C)(C)C. The van der Waals surface area contributed by atoms with Gasteiger partial charge in [-0.1, -0.05) is 39.3 Å². The quantitative estimate of drug-likeness (QED) is 0.140. The van der Waals surface area contributed by atoms with E-state index in [-0.39, 0.29) is 47.4 Å². The minimum atomic E-state index is -0.747. The van der Waals surface area contributed by atoms with E-state index in [2.05, 4.69) is 27.7 Å². The first kappa shape index (κ1) is 35.4. The molecule has 8 nitrogen and oxygen atoms in total. The third kappa shape index (κ3) is 6.29. The van der Waals surface area contributed by atoms with Crippen molar-refractivity contribution in [2.24, 2.45) is 45.3 Å². The van der Waals surface area contributed by atoms with Gasteiger partial charge < -0.3 is 19.3 Å². The summed E-state index contributed by atoms with van der Waals surface area (Å²) in [5.41, 5.74) is 0.413. The minimum Gasteiger partial charge on any atom is -0.458 e. The molecule has 0 aromatic carbocycles. The average molecular weight is 629 g/mol. The fourth-order valence-electron chi connectivity index (χ4n) is 9.90. The van der Waals surface area contributed by atoms with Crippen LogP contribution in [0.2, 0.25) is 0 Å². The van der Waals surface area contributed by atoms with Gasteiger partial charge in [-0.25, -0.2) is 4.79 Å². The molecule has 4 rings (SSSR count). The second-order valence-corrected chi connectivity index (χ2v) is 16.4. The number of fused-ring (bicyclic) bond motifs is 5. The normalized spacial score (nSPS) is 38.7. The highest BCUT2D eigenvalue weighted by Crippen LogP contribution is 2.73. The van der Waals surface area contributed by atoms with Crippen molar-refractivity contribution in [2.75, 3.05) is 6.79 Å². The number of carbonyl (C=O) groups excluding carboxylic acids is 4. The van der Waals surface area contributed by atoms with Crippen LogP contribution in [0.5, 0.6) is 0 Å². The highest BCUT2D eigenvalue weighted by molar-refractivity contribution is 5.91. The molecular formula is C37H56O8. The number of aliphatic hydroxyl groups excluding tert-OH is 1. The fraction of sp³-hybridized carbons (Fsp3) is 0.784. The molecule has 0 unspecified atom stereocenters. The van der Waals surface area contributed by atoms with Crippen molar-refractivity contribution in [2.45, 2.75) is 133 Å². The lowest BCUT2D eigenvalue weighted by atomic mass is 9.37. The highest BCUT2D eigenvalue weighted by Gasteiger charge is 2.71. The first-order chi connectivity index (χ1) is 20.8. The van der Waals surface area contributed by atoms with E-state index < -0.39 is 47.0 Å². The third-order valence-electron chi connectivity index (χ3n) is 12.3. The Morgan fingerprint density at radius 2 is 1.67 bits per heavy atom. The van der Waals surface area contributed by atoms with E-state index in [1.807, 2.05) is 19.9 Å². The second kappa shape index (κ2) is 12.6. The number of carbonyl (C=O) groups is 4. The van der Waals surface area contributed by atoms with E-state index in [9.17, 15) is 24.3 Å². The van der Waals surface area contributed by atoms with Crippen molar-refractivity contribution >= 4 is 23.7 Å². The molecule has 4 aliphatic rings. The van der Waals surface area contributed by atoms with Crippen LogP contribution in [0.4, 0.5) is 0 Å². The smallest absolute Gasteiger partial charge is 0.336 e. The lowest BCUT2D eigenvalue weighted by Gasteiger charge is -2.66. The van der Waals surface area contributed by atoms with Crippen molar-refractivity contribution in [3.05, 3.63) is 22.8 Å². The van der Waals surface area contributed by atoms with Gasteiger partial charge in [0.25, 0.3) is 0 Å². The summed E-state index contributed by atoms with van der Waals surface area (Å²) in [5.74, 6) is -1.42. The number of hydrogen-bond donors (Lipinski definition) is 1. The summed E-state index contributed by atoms with van der Waals surface area (Å²) >= 11 is 0. The summed E-state index contributed by atoms with van der Waals surface area (Å²) in [6, 6.07) is 0. The number of Topliss-reactive ketones (excluding diaryl/α,β-unsaturated/α-hetero) is 1. The zero-order valence-electron chi connectivity index (χ0n) is 29.2. The number of hydrogen-bond acceptors (Lipinski definition) is 8. The van der Waals surface area contributed by atoms with Crippen LogP contribution in [-0.4, -0.2) is 47.8 Å². The van der Waals surface area contributed by atoms with Crippen molar-refractivity contribution in [3.8, 4) is 0 Å². The first-order valence-corrected chi connectivity index (χ1v) is 16.9. The molecule has 4 fully saturated rings. The molecule has 0 aromatic rings. The Labute approximate surface area is 269 Å². The predicted molar refractivity (Wildman–Crippen MR) is 170 cm³/mol. The summed E-state index contributed by atoms with van der Waals surface area (Å²) < 4.78 is 16.8. The summed E-state index contributed by atoms with van der Waals surface area (Å²) in [4.78, 5) is 53.2. The van der Waals surface area contributed by atoms with Gasteiger partial charge in [-0.05, 0) is 119 Å². The van der Waals surface area contributed by atoms with Crippen LogP contribution in [0.1, 0.15) is 121 Å². The number of esters is 3. The molecule has 0 amide bonds. The van der Waals surface area contributed by atoms with Gasteiger partial charge in [-0.2, -0.15) is 0 Å². The lowest BCUT2D eigenvalue weighted by Crippen LogP contribution is -2.64. The summed E-state index contributed by atoms with van der Waals surface area (Å²) in [5, 5.41) is 10.7. The molecule has 9 atom stereocenters. The Hall–Kier alpha value is -2.48. The predicted octanol–water partition coefficient (Wildman–Crippen LogP) is 6.88. The maximum Gasteiger partial charge on any atom is 0.336 e. The summed E-state index contributed by atoms with van der Waals surface area (Å²) in [6.07, 6.45) is 5.98. The number of ketones is 1. The van der Waals surface area contributed by atoms with Crippen LogP contribution in [0, 0.1) is 45.3 Å². The van der Waals surface area contributed by atoms with Crippen LogP contribution >= 0.6 is 0 Å². The van der Waals surface area contributed by atoms with Gasteiger partial charge in [0.15, 0.2) is 0 Å². The van der Waals surface area contributed by atoms with E-state index in [1.54, 1.807) is 20.8 Å². The van der Waals surface area contributed by atoms with Gasteiger partial charge in [-0.15, -0.1) is 0 Å². The minimum absolute atomic E-state index is 0.128. The number of allylic oxidation sites excluding steroid dienone is 2. The van der Waals surface area contributed by atoms with Crippen LogP contribution in [0.3, 0.4) is 0 Å². The number of rotatable bonds is 7. The molecule has 252 valence electrons. The van der Waals surface area contributed by atoms with Crippen molar-refractivity contribution in [1.29, 1.82) is 0 Å². The van der Waals surface area contributed by atoms with Gasteiger partial charge in [0.1, 0.15) is 11.9 Å². The molecule has 1 N–H and O–H groups in total. The second-order valence-electron chi connectivity index (χ2n) is 16.4. The monoisotopic (exact) mass is 628 g/mol. The van der Waals surface area contributed by atoms with Crippen molar-refractivity contribution < 1.29 is 38.5 Å². The molecule has 8 heteroatoms. The van der Waals surface area contributed by atoms with Gasteiger partial charge >= 0.3 is 17.9 Å². The zero-order valence-corrected chi connectivity index (χ0v) is 29.2. The maximum absolute atomic E-state index is 14.5. The van der Waals surface area contributed by atoms with Crippen molar-refractivity contribution in [3.63, 3.8) is 0 Å². The Kier molecular flexibility index (Phi) is 9.91. The van der Waals surface area contributed by atoms with E-state index in [4.69, 9.17) is 14.2 Å². The molecule has 0 spiro atoms. The fourth-order valence-corrected chi connectivity index (χ4v) is 9.90. The topological polar surface area (TPSA) is 116 Å². The van der Waals surface area contributed by atoms with Gasteiger partial charge in [-0.3, -0.25) is 14.4 Å². The van der Waals surface area contributed by atoms with Crippen LogP contribution in [0.15, 0.2) is 22.8 Å².